The molecule has 0 saturated carbocycles. The molecule has 1 aromatic heterocycles. The van der Waals surface area contributed by atoms with E-state index >= 15 is 0 Å². The van der Waals surface area contributed by atoms with Gasteiger partial charge in [-0.15, -0.1) is 0 Å². The van der Waals surface area contributed by atoms with Crippen LogP contribution in [0.5, 0.6) is 0 Å². The number of aromatic nitrogens is 1. The maximum atomic E-state index is 11.2. The highest BCUT2D eigenvalue weighted by Crippen LogP contribution is 2.26. The summed E-state index contributed by atoms with van der Waals surface area (Å²) in [4.78, 5) is 4.27. The minimum Gasteiger partial charge on any atom is -0.309 e. The van der Waals surface area contributed by atoms with Crippen LogP contribution in [0.25, 0.3) is 0 Å². The first-order chi connectivity index (χ1) is 9.33. The van der Waals surface area contributed by atoms with E-state index in [0.717, 1.165) is 18.7 Å². The van der Waals surface area contributed by atoms with Crippen molar-refractivity contribution >= 4 is 33.0 Å². The molecule has 0 radical (unpaired) electrons. The number of halogens is 2. The van der Waals surface area contributed by atoms with E-state index in [1.807, 2.05) is 0 Å². The standard InChI is InChI=1S/C13H20Cl2N2O2S/c1-3-6-16-12(5-4-7-20(2,18)19)13-11(15)8-10(14)9-17-13/h8-9,12,16H,3-7H2,1-2H3. The molecule has 0 aromatic carbocycles. The number of pyridine rings is 1. The zero-order valence-electron chi connectivity index (χ0n) is 11.7. The summed E-state index contributed by atoms with van der Waals surface area (Å²) >= 11 is 12.0. The lowest BCUT2D eigenvalue weighted by Crippen LogP contribution is -2.24. The molecule has 4 nitrogen and oxygen atoms in total. The van der Waals surface area contributed by atoms with Gasteiger partial charge in [0, 0.05) is 18.2 Å². The van der Waals surface area contributed by atoms with Gasteiger partial charge >= 0.3 is 0 Å². The summed E-state index contributed by atoms with van der Waals surface area (Å²) in [6.45, 7) is 2.89. The monoisotopic (exact) mass is 338 g/mol. The van der Waals surface area contributed by atoms with Gasteiger partial charge in [0.05, 0.1) is 21.8 Å². The molecule has 0 amide bonds. The minimum absolute atomic E-state index is 0.0542. The fraction of sp³-hybridized carbons (Fsp3) is 0.615. The Bertz CT molecular complexity index is 535. The lowest BCUT2D eigenvalue weighted by Gasteiger charge is -2.19. The third-order valence-electron chi connectivity index (χ3n) is 2.82. The van der Waals surface area contributed by atoms with Crippen LogP contribution < -0.4 is 5.32 Å². The highest BCUT2D eigenvalue weighted by Gasteiger charge is 2.16. The SMILES string of the molecule is CCCNC(CCCS(C)(=O)=O)c1ncc(Cl)cc1Cl. The van der Waals surface area contributed by atoms with E-state index in [1.54, 1.807) is 12.3 Å². The Morgan fingerprint density at radius 2 is 2.10 bits per heavy atom. The van der Waals surface area contributed by atoms with Gasteiger partial charge in [0.1, 0.15) is 9.84 Å². The average molecular weight is 339 g/mol. The molecule has 0 bridgehead atoms. The van der Waals surface area contributed by atoms with E-state index in [9.17, 15) is 8.42 Å². The van der Waals surface area contributed by atoms with Crippen molar-refractivity contribution in [3.63, 3.8) is 0 Å². The molecule has 114 valence electrons. The Kier molecular flexibility index (Phi) is 7.23. The smallest absolute Gasteiger partial charge is 0.147 e. The molecule has 0 aliphatic heterocycles. The van der Waals surface area contributed by atoms with Crippen LogP contribution in [0.1, 0.15) is 37.9 Å². The molecule has 7 heteroatoms. The van der Waals surface area contributed by atoms with Crippen LogP contribution in [-0.2, 0) is 9.84 Å². The van der Waals surface area contributed by atoms with Crippen molar-refractivity contribution in [1.82, 2.24) is 10.3 Å². The summed E-state index contributed by atoms with van der Waals surface area (Å²) in [6, 6.07) is 1.60. The molecular weight excluding hydrogens is 319 g/mol. The van der Waals surface area contributed by atoms with E-state index < -0.39 is 9.84 Å². The Morgan fingerprint density at radius 3 is 2.65 bits per heavy atom. The lowest BCUT2D eigenvalue weighted by molar-refractivity contribution is 0.483. The molecule has 0 fully saturated rings. The number of sulfone groups is 1. The molecule has 0 aliphatic carbocycles. The number of nitrogens with zero attached hydrogens (tertiary/aromatic N) is 1. The molecule has 1 heterocycles. The second kappa shape index (κ2) is 8.17. The molecule has 0 spiro atoms. The number of hydrogen-bond donors (Lipinski definition) is 1. The van der Waals surface area contributed by atoms with Gasteiger partial charge < -0.3 is 5.32 Å². The van der Waals surface area contributed by atoms with Crippen LogP contribution in [0.3, 0.4) is 0 Å². The van der Waals surface area contributed by atoms with E-state index in [2.05, 4.69) is 17.2 Å². The Balaban J connectivity index is 2.77. The molecule has 0 saturated heterocycles. The molecule has 1 rings (SSSR count). The predicted octanol–water partition coefficient (Wildman–Crippen LogP) is 3.25. The maximum absolute atomic E-state index is 11.2. The number of rotatable bonds is 8. The van der Waals surface area contributed by atoms with Gasteiger partial charge in [0.2, 0.25) is 0 Å². The molecule has 20 heavy (non-hydrogen) atoms. The molecule has 0 aliphatic rings. The van der Waals surface area contributed by atoms with Crippen LogP contribution in [0.2, 0.25) is 10.0 Å². The summed E-state index contributed by atoms with van der Waals surface area (Å²) in [5, 5.41) is 4.34. The van der Waals surface area contributed by atoms with Crippen LogP contribution in [0.4, 0.5) is 0 Å². The first-order valence-electron chi connectivity index (χ1n) is 6.55. The Hall–Kier alpha value is -0.360. The predicted molar refractivity (Wildman–Crippen MR) is 84.2 cm³/mol. The van der Waals surface area contributed by atoms with Gasteiger partial charge in [-0.1, -0.05) is 30.1 Å². The van der Waals surface area contributed by atoms with E-state index in [4.69, 9.17) is 23.2 Å². The topological polar surface area (TPSA) is 59.1 Å². The fourth-order valence-electron chi connectivity index (χ4n) is 1.89. The van der Waals surface area contributed by atoms with Crippen LogP contribution >= 0.6 is 23.2 Å². The van der Waals surface area contributed by atoms with Crippen molar-refractivity contribution < 1.29 is 8.42 Å². The third-order valence-corrected chi connectivity index (χ3v) is 4.35. The highest BCUT2D eigenvalue weighted by molar-refractivity contribution is 7.90. The summed E-state index contributed by atoms with van der Waals surface area (Å²) in [6.07, 6.45) is 5.02. The van der Waals surface area contributed by atoms with Gasteiger partial charge in [-0.25, -0.2) is 8.42 Å². The number of hydrogen-bond acceptors (Lipinski definition) is 4. The van der Waals surface area contributed by atoms with Gasteiger partial charge in [-0.05, 0) is 31.9 Å². The van der Waals surface area contributed by atoms with Crippen LogP contribution in [0, 0.1) is 0 Å². The van der Waals surface area contributed by atoms with Crippen molar-refractivity contribution in [3.05, 3.63) is 28.0 Å². The molecule has 1 N–H and O–H groups in total. The molecule has 1 unspecified atom stereocenters. The fourth-order valence-corrected chi connectivity index (χ4v) is 3.09. The average Bonchev–Trinajstić information content (AvgIpc) is 2.33. The van der Waals surface area contributed by atoms with Gasteiger partial charge in [-0.2, -0.15) is 0 Å². The second-order valence-electron chi connectivity index (χ2n) is 4.80. The zero-order chi connectivity index (χ0) is 15.2. The van der Waals surface area contributed by atoms with Crippen molar-refractivity contribution in [3.8, 4) is 0 Å². The summed E-state index contributed by atoms with van der Waals surface area (Å²) in [7, 11) is -2.94. The van der Waals surface area contributed by atoms with E-state index in [0.29, 0.717) is 22.9 Å². The van der Waals surface area contributed by atoms with Crippen LogP contribution in [-0.4, -0.2) is 32.0 Å². The van der Waals surface area contributed by atoms with Crippen molar-refractivity contribution in [2.75, 3.05) is 18.6 Å². The molecule has 1 atom stereocenters. The minimum atomic E-state index is -2.94. The summed E-state index contributed by atoms with van der Waals surface area (Å²) in [5.74, 6) is 0.169. The van der Waals surface area contributed by atoms with Gasteiger partial charge in [0.25, 0.3) is 0 Å². The number of nitrogens with one attached hydrogen (secondary N) is 1. The van der Waals surface area contributed by atoms with E-state index in [-0.39, 0.29) is 11.8 Å². The van der Waals surface area contributed by atoms with Crippen molar-refractivity contribution in [2.24, 2.45) is 0 Å². The van der Waals surface area contributed by atoms with Crippen LogP contribution in [0.15, 0.2) is 12.3 Å². The lowest BCUT2D eigenvalue weighted by atomic mass is 10.1. The van der Waals surface area contributed by atoms with Gasteiger partial charge in [0.15, 0.2) is 0 Å². The normalized spacial score (nSPS) is 13.4. The Labute approximate surface area is 130 Å². The maximum Gasteiger partial charge on any atom is 0.147 e. The third kappa shape index (κ3) is 6.39. The van der Waals surface area contributed by atoms with Gasteiger partial charge in [-0.3, -0.25) is 4.98 Å². The first kappa shape index (κ1) is 17.7. The molecular formula is C13H20Cl2N2O2S. The van der Waals surface area contributed by atoms with Crippen molar-refractivity contribution in [1.29, 1.82) is 0 Å². The van der Waals surface area contributed by atoms with Crippen molar-refractivity contribution in [2.45, 2.75) is 32.2 Å². The quantitative estimate of drug-likeness (QED) is 0.790. The summed E-state index contributed by atoms with van der Waals surface area (Å²) < 4.78 is 22.4. The Morgan fingerprint density at radius 1 is 1.40 bits per heavy atom. The second-order valence-corrected chi connectivity index (χ2v) is 7.90. The zero-order valence-corrected chi connectivity index (χ0v) is 14.0. The first-order valence-corrected chi connectivity index (χ1v) is 9.37. The summed E-state index contributed by atoms with van der Waals surface area (Å²) in [5.41, 5.74) is 0.720. The molecule has 1 aromatic rings. The van der Waals surface area contributed by atoms with E-state index in [1.165, 1.54) is 6.26 Å². The largest absolute Gasteiger partial charge is 0.309 e. The highest BCUT2D eigenvalue weighted by atomic mass is 35.5.